The molecule has 4 heteroatoms. The first-order valence-electron chi connectivity index (χ1n) is 13.1. The molecule has 0 aromatic heterocycles. The second-order valence-corrected chi connectivity index (χ2v) is 12.8. The Bertz CT molecular complexity index is 779. The molecule has 1 spiro atoms. The van der Waals surface area contributed by atoms with Gasteiger partial charge >= 0.3 is 0 Å². The molecule has 0 aromatic rings. The lowest BCUT2D eigenvalue weighted by molar-refractivity contribution is -0.316. The van der Waals surface area contributed by atoms with Gasteiger partial charge < -0.3 is 19.7 Å². The second kappa shape index (κ2) is 6.81. The third kappa shape index (κ3) is 2.68. The zero-order valence-electron chi connectivity index (χ0n) is 19.8. The third-order valence-electron chi connectivity index (χ3n) is 11.4. The van der Waals surface area contributed by atoms with Gasteiger partial charge in [0.2, 0.25) is 0 Å². The second-order valence-electron chi connectivity index (χ2n) is 12.8. The van der Waals surface area contributed by atoms with Crippen LogP contribution in [0.1, 0.15) is 79.1 Å². The molecule has 2 heterocycles. The molecule has 31 heavy (non-hydrogen) atoms. The molecule has 2 aliphatic heterocycles. The van der Waals surface area contributed by atoms with Gasteiger partial charge in [0.25, 0.3) is 0 Å². The number of fused-ring (bicyclic) bond motifs is 7. The highest BCUT2D eigenvalue weighted by molar-refractivity contribution is 5.26. The van der Waals surface area contributed by atoms with E-state index in [4.69, 9.17) is 9.47 Å². The van der Waals surface area contributed by atoms with Crippen molar-refractivity contribution < 1.29 is 19.7 Å². The minimum absolute atomic E-state index is 0.134. The van der Waals surface area contributed by atoms with E-state index in [0.29, 0.717) is 24.4 Å². The highest BCUT2D eigenvalue weighted by Crippen LogP contribution is 2.70. The van der Waals surface area contributed by atoms with Crippen molar-refractivity contribution >= 4 is 0 Å². The highest BCUT2D eigenvalue weighted by atomic mass is 16.7. The molecule has 4 nitrogen and oxygen atoms in total. The lowest BCUT2D eigenvalue weighted by atomic mass is 9.47. The maximum absolute atomic E-state index is 11.0. The number of rotatable bonds is 0. The Morgan fingerprint density at radius 1 is 1.03 bits per heavy atom. The van der Waals surface area contributed by atoms with E-state index in [1.807, 2.05) is 0 Å². The summed E-state index contributed by atoms with van der Waals surface area (Å²) in [5.74, 6) is 2.51. The zero-order valence-corrected chi connectivity index (χ0v) is 19.8. The minimum atomic E-state index is -0.780. The van der Waals surface area contributed by atoms with Crippen LogP contribution in [0.3, 0.4) is 0 Å². The monoisotopic (exact) mass is 430 g/mol. The number of aliphatic hydroxyl groups excluding tert-OH is 2. The van der Waals surface area contributed by atoms with Crippen molar-refractivity contribution in [2.24, 2.45) is 46.3 Å². The van der Waals surface area contributed by atoms with Crippen molar-refractivity contribution in [2.45, 2.75) is 103 Å². The summed E-state index contributed by atoms with van der Waals surface area (Å²) < 4.78 is 13.1. The normalized spacial score (nSPS) is 60.7. The molecule has 0 radical (unpaired) electrons. The number of hydrogen-bond donors (Lipinski definition) is 2. The van der Waals surface area contributed by atoms with Crippen LogP contribution in [0.25, 0.3) is 0 Å². The van der Waals surface area contributed by atoms with Gasteiger partial charge in [-0.05, 0) is 91.8 Å². The Balaban J connectivity index is 1.29. The van der Waals surface area contributed by atoms with Crippen LogP contribution in [-0.4, -0.2) is 40.9 Å². The molecule has 12 unspecified atom stereocenters. The Kier molecular flexibility index (Phi) is 4.64. The van der Waals surface area contributed by atoms with Gasteiger partial charge in [-0.25, -0.2) is 0 Å². The van der Waals surface area contributed by atoms with E-state index >= 15 is 0 Å². The molecule has 174 valence electrons. The van der Waals surface area contributed by atoms with E-state index in [0.717, 1.165) is 43.9 Å². The molecule has 0 aromatic carbocycles. The third-order valence-corrected chi connectivity index (χ3v) is 11.4. The highest BCUT2D eigenvalue weighted by Gasteiger charge is 2.70. The summed E-state index contributed by atoms with van der Waals surface area (Å²) >= 11 is 0. The van der Waals surface area contributed by atoms with Crippen molar-refractivity contribution in [1.29, 1.82) is 0 Å². The molecule has 0 bridgehead atoms. The van der Waals surface area contributed by atoms with Crippen molar-refractivity contribution in [3.05, 3.63) is 11.6 Å². The first-order chi connectivity index (χ1) is 14.7. The van der Waals surface area contributed by atoms with Crippen LogP contribution in [0.2, 0.25) is 0 Å². The molecule has 0 amide bonds. The van der Waals surface area contributed by atoms with E-state index in [9.17, 15) is 10.2 Å². The fraction of sp³-hybridized carbons (Fsp3) is 0.926. The van der Waals surface area contributed by atoms with Crippen LogP contribution in [0.4, 0.5) is 0 Å². The number of ether oxygens (including phenoxy) is 2. The summed E-state index contributed by atoms with van der Waals surface area (Å²) in [5.41, 5.74) is 2.11. The van der Waals surface area contributed by atoms with Gasteiger partial charge in [-0.1, -0.05) is 39.3 Å². The average molecular weight is 431 g/mol. The lowest BCUT2D eigenvalue weighted by Crippen LogP contribution is -2.56. The predicted molar refractivity (Wildman–Crippen MR) is 119 cm³/mol. The van der Waals surface area contributed by atoms with Crippen LogP contribution >= 0.6 is 0 Å². The Morgan fingerprint density at radius 2 is 1.84 bits per heavy atom. The molecule has 5 fully saturated rings. The van der Waals surface area contributed by atoms with Gasteiger partial charge in [-0.2, -0.15) is 0 Å². The molecule has 6 rings (SSSR count). The molecule has 3 saturated carbocycles. The Labute approximate surface area is 187 Å². The average Bonchev–Trinajstić information content (AvgIpc) is 3.17. The lowest BCUT2D eigenvalue weighted by Gasteiger charge is -2.58. The molecular weight excluding hydrogens is 388 g/mol. The smallest absolute Gasteiger partial charge is 0.197 e. The minimum Gasteiger partial charge on any atom is -0.393 e. The Morgan fingerprint density at radius 3 is 2.61 bits per heavy atom. The van der Waals surface area contributed by atoms with Gasteiger partial charge in [0.15, 0.2) is 5.79 Å². The van der Waals surface area contributed by atoms with Gasteiger partial charge in [0, 0.05) is 5.92 Å². The SMILES string of the molecule is CC1COC2(OC3CC4C5CC=C6CC(O)CCC6(C)C5CCC4(C)C3C2C)C(O)C1. The van der Waals surface area contributed by atoms with Crippen molar-refractivity contribution in [3.63, 3.8) is 0 Å². The fourth-order valence-electron chi connectivity index (χ4n) is 9.81. The molecule has 2 saturated heterocycles. The standard InChI is InChI=1S/C27H42O4/c1-15-11-23(29)27(30-14-15)16(2)24-22(31-27)13-21-19-6-5-17-12-18(28)7-9-25(17,3)20(19)8-10-26(21,24)4/h5,15-16,18-24,28-29H,6-14H2,1-4H3. The Hall–Kier alpha value is -0.420. The van der Waals surface area contributed by atoms with Crippen molar-refractivity contribution in [2.75, 3.05) is 6.61 Å². The summed E-state index contributed by atoms with van der Waals surface area (Å²) in [7, 11) is 0. The maximum Gasteiger partial charge on any atom is 0.197 e. The molecule has 12 atom stereocenters. The van der Waals surface area contributed by atoms with Crippen LogP contribution in [0, 0.1) is 46.3 Å². The quantitative estimate of drug-likeness (QED) is 0.548. The summed E-state index contributed by atoms with van der Waals surface area (Å²) in [6.07, 6.45) is 10.7. The summed E-state index contributed by atoms with van der Waals surface area (Å²) in [4.78, 5) is 0. The molecule has 6 aliphatic rings. The summed E-state index contributed by atoms with van der Waals surface area (Å²) in [6.45, 7) is 10.2. The molecule has 4 aliphatic carbocycles. The zero-order chi connectivity index (χ0) is 21.8. The van der Waals surface area contributed by atoms with Gasteiger partial charge in [-0.3, -0.25) is 0 Å². The predicted octanol–water partition coefficient (Wildman–Crippen LogP) is 4.68. The van der Waals surface area contributed by atoms with Gasteiger partial charge in [0.05, 0.1) is 18.8 Å². The molecular formula is C27H42O4. The number of aliphatic hydroxyl groups is 2. The van der Waals surface area contributed by atoms with E-state index in [1.54, 1.807) is 5.57 Å². The fourth-order valence-corrected chi connectivity index (χ4v) is 9.81. The van der Waals surface area contributed by atoms with Crippen LogP contribution in [0.5, 0.6) is 0 Å². The van der Waals surface area contributed by atoms with Gasteiger partial charge in [-0.15, -0.1) is 0 Å². The first-order valence-corrected chi connectivity index (χ1v) is 13.1. The topological polar surface area (TPSA) is 58.9 Å². The van der Waals surface area contributed by atoms with Crippen LogP contribution < -0.4 is 0 Å². The number of hydrogen-bond acceptors (Lipinski definition) is 4. The number of allylic oxidation sites excluding steroid dienone is 1. The van der Waals surface area contributed by atoms with Crippen molar-refractivity contribution in [3.8, 4) is 0 Å². The van der Waals surface area contributed by atoms with E-state index in [1.165, 1.54) is 19.3 Å². The van der Waals surface area contributed by atoms with Crippen LogP contribution in [0.15, 0.2) is 11.6 Å². The first kappa shape index (κ1) is 21.1. The van der Waals surface area contributed by atoms with Crippen LogP contribution in [-0.2, 0) is 9.47 Å². The summed E-state index contributed by atoms with van der Waals surface area (Å²) in [6, 6.07) is 0. The van der Waals surface area contributed by atoms with E-state index in [-0.39, 0.29) is 29.0 Å². The summed E-state index contributed by atoms with van der Waals surface area (Å²) in [5, 5.41) is 21.3. The van der Waals surface area contributed by atoms with Gasteiger partial charge in [0.1, 0.15) is 6.10 Å². The van der Waals surface area contributed by atoms with Crippen molar-refractivity contribution in [1.82, 2.24) is 0 Å². The molecule has 2 N–H and O–H groups in total. The maximum atomic E-state index is 11.0. The van der Waals surface area contributed by atoms with E-state index in [2.05, 4.69) is 33.8 Å². The largest absolute Gasteiger partial charge is 0.393 e. The van der Waals surface area contributed by atoms with E-state index < -0.39 is 11.9 Å².